The lowest BCUT2D eigenvalue weighted by molar-refractivity contribution is 0.102. The number of hydrogen-bond donors (Lipinski definition) is 1. The molecule has 3 aliphatic heterocycles. The summed E-state index contributed by atoms with van der Waals surface area (Å²) in [5.74, 6) is 0. The van der Waals surface area contributed by atoms with Gasteiger partial charge in [-0.05, 0) is 6.42 Å². The van der Waals surface area contributed by atoms with E-state index in [-0.39, 0.29) is 21.8 Å². The predicted octanol–water partition coefficient (Wildman–Crippen LogP) is -0.753. The average Bonchev–Trinajstić information content (AvgIpc) is 2.62. The van der Waals surface area contributed by atoms with Crippen LogP contribution in [0.5, 0.6) is 0 Å². The third-order valence-corrected chi connectivity index (χ3v) is 7.65. The van der Waals surface area contributed by atoms with Crippen LogP contribution in [0.1, 0.15) is 6.42 Å². The molecule has 0 spiro atoms. The van der Waals surface area contributed by atoms with E-state index in [1.807, 2.05) is 0 Å². The van der Waals surface area contributed by atoms with E-state index in [9.17, 15) is 13.5 Å². The first-order valence-corrected chi connectivity index (χ1v) is 6.78. The molecule has 0 aromatic heterocycles. The minimum absolute atomic E-state index is 0.120. The Morgan fingerprint density at radius 3 is 2.77 bits per heavy atom. The highest BCUT2D eigenvalue weighted by Gasteiger charge is 2.65. The maximum atomic E-state index is 11.8. The highest BCUT2D eigenvalue weighted by Crippen LogP contribution is 2.55. The van der Waals surface area contributed by atoms with Crippen molar-refractivity contribution in [3.63, 3.8) is 0 Å². The number of aliphatic hydroxyl groups excluding tert-OH is 1. The van der Waals surface area contributed by atoms with Gasteiger partial charge in [0, 0.05) is 17.5 Å². The molecule has 5 atom stereocenters. The summed E-state index contributed by atoms with van der Waals surface area (Å²) in [4.78, 5) is 0. The van der Waals surface area contributed by atoms with Crippen molar-refractivity contribution in [1.29, 1.82) is 0 Å². The fourth-order valence-electron chi connectivity index (χ4n) is 2.74. The van der Waals surface area contributed by atoms with Crippen LogP contribution >= 0.6 is 11.8 Å². The summed E-state index contributed by atoms with van der Waals surface area (Å²) >= 11 is 1.65. The zero-order chi connectivity index (χ0) is 9.38. The molecular formula is C7H11NO3S2. The summed E-state index contributed by atoms with van der Waals surface area (Å²) in [5, 5.41) is 9.83. The Hall–Kier alpha value is 0.220. The summed E-state index contributed by atoms with van der Waals surface area (Å²) < 4.78 is 24.9. The Bertz CT molecular complexity index is 355. The van der Waals surface area contributed by atoms with Gasteiger partial charge >= 0.3 is 0 Å². The van der Waals surface area contributed by atoms with E-state index in [2.05, 4.69) is 0 Å². The van der Waals surface area contributed by atoms with E-state index >= 15 is 0 Å². The second-order valence-corrected chi connectivity index (χ2v) is 7.59. The zero-order valence-corrected chi connectivity index (χ0v) is 8.75. The van der Waals surface area contributed by atoms with Crippen molar-refractivity contribution in [3.8, 4) is 0 Å². The molecule has 3 aliphatic rings. The summed E-state index contributed by atoms with van der Waals surface area (Å²) in [6.07, 6.45) is 0.188. The number of fused-ring (bicyclic) bond motifs is 1. The zero-order valence-electron chi connectivity index (χ0n) is 7.12. The van der Waals surface area contributed by atoms with Crippen LogP contribution in [0, 0.1) is 0 Å². The second kappa shape index (κ2) is 2.24. The molecule has 3 rings (SSSR count). The molecule has 13 heavy (non-hydrogen) atoms. The highest BCUT2D eigenvalue weighted by atomic mass is 32.2. The van der Waals surface area contributed by atoms with E-state index in [0.29, 0.717) is 6.42 Å². The fraction of sp³-hybridized carbons (Fsp3) is 1.00. The lowest BCUT2D eigenvalue weighted by Gasteiger charge is -2.22. The highest BCUT2D eigenvalue weighted by molar-refractivity contribution is 8.03. The Morgan fingerprint density at radius 2 is 2.23 bits per heavy atom. The van der Waals surface area contributed by atoms with Gasteiger partial charge in [0.25, 0.3) is 0 Å². The van der Waals surface area contributed by atoms with Gasteiger partial charge in [-0.3, -0.25) is 0 Å². The Balaban J connectivity index is 2.15. The van der Waals surface area contributed by atoms with Crippen LogP contribution in [0.15, 0.2) is 0 Å². The molecule has 3 saturated heterocycles. The minimum Gasteiger partial charge on any atom is -0.390 e. The lowest BCUT2D eigenvalue weighted by atomic mass is 9.93. The van der Waals surface area contributed by atoms with Crippen molar-refractivity contribution in [2.75, 3.05) is 7.05 Å². The van der Waals surface area contributed by atoms with Gasteiger partial charge in [-0.15, -0.1) is 11.8 Å². The quantitative estimate of drug-likeness (QED) is 0.584. The molecule has 0 radical (unpaired) electrons. The van der Waals surface area contributed by atoms with Gasteiger partial charge < -0.3 is 5.11 Å². The van der Waals surface area contributed by atoms with Crippen LogP contribution in [0.2, 0.25) is 0 Å². The van der Waals surface area contributed by atoms with Crippen molar-refractivity contribution in [1.82, 2.24) is 4.31 Å². The summed E-state index contributed by atoms with van der Waals surface area (Å²) in [7, 11) is -1.50. The number of rotatable bonds is 0. The Kier molecular flexibility index (Phi) is 1.47. The van der Waals surface area contributed by atoms with Crippen LogP contribution in [-0.2, 0) is 10.0 Å². The van der Waals surface area contributed by atoms with E-state index in [1.165, 1.54) is 4.31 Å². The van der Waals surface area contributed by atoms with Gasteiger partial charge in [-0.2, -0.15) is 4.31 Å². The number of likely N-dealkylation sites (N-methyl/N-ethyl adjacent to an activating group) is 1. The molecule has 2 bridgehead atoms. The number of aliphatic hydroxyl groups is 1. The number of thioether (sulfide) groups is 1. The Morgan fingerprint density at radius 1 is 1.54 bits per heavy atom. The van der Waals surface area contributed by atoms with Crippen LogP contribution < -0.4 is 0 Å². The third kappa shape index (κ3) is 0.789. The van der Waals surface area contributed by atoms with Crippen LogP contribution in [0.25, 0.3) is 0 Å². The third-order valence-electron chi connectivity index (χ3n) is 3.43. The molecule has 5 unspecified atom stereocenters. The minimum atomic E-state index is -3.09. The second-order valence-electron chi connectivity index (χ2n) is 3.96. The topological polar surface area (TPSA) is 57.6 Å². The normalized spacial score (nSPS) is 57.5. The molecule has 3 fully saturated rings. The fourth-order valence-corrected chi connectivity index (χ4v) is 7.36. The maximum Gasteiger partial charge on any atom is 0.218 e. The number of sulfonamides is 1. The molecule has 74 valence electrons. The Labute approximate surface area is 81.3 Å². The van der Waals surface area contributed by atoms with Crippen molar-refractivity contribution in [2.45, 2.75) is 34.3 Å². The average molecular weight is 221 g/mol. The van der Waals surface area contributed by atoms with Crippen molar-refractivity contribution in [2.24, 2.45) is 0 Å². The SMILES string of the molecule is CN1C2C(O)C3CC(C2S3)S1(=O)=O. The largest absolute Gasteiger partial charge is 0.390 e. The molecule has 0 aliphatic carbocycles. The van der Waals surface area contributed by atoms with E-state index in [1.54, 1.807) is 18.8 Å². The van der Waals surface area contributed by atoms with Crippen molar-refractivity contribution >= 4 is 21.8 Å². The molecule has 0 aromatic carbocycles. The number of nitrogens with zero attached hydrogens (tertiary/aromatic N) is 1. The smallest absolute Gasteiger partial charge is 0.218 e. The van der Waals surface area contributed by atoms with Crippen molar-refractivity contribution in [3.05, 3.63) is 0 Å². The summed E-state index contributed by atoms with van der Waals surface area (Å²) in [6, 6.07) is -0.154. The molecule has 0 aromatic rings. The van der Waals surface area contributed by atoms with Crippen molar-refractivity contribution < 1.29 is 13.5 Å². The van der Waals surface area contributed by atoms with Gasteiger partial charge in [0.15, 0.2) is 0 Å². The van der Waals surface area contributed by atoms with Gasteiger partial charge in [0.2, 0.25) is 10.0 Å². The lowest BCUT2D eigenvalue weighted by Crippen LogP contribution is -2.42. The van der Waals surface area contributed by atoms with Gasteiger partial charge in [-0.25, -0.2) is 8.42 Å². The standard InChI is InChI=1S/C7H11NO3S2/c1-8-5-6(9)3-2-4(7(5)12-3)13(8,10)11/h3-7,9H,2H2,1H3. The van der Waals surface area contributed by atoms with E-state index in [4.69, 9.17) is 0 Å². The maximum absolute atomic E-state index is 11.8. The van der Waals surface area contributed by atoms with Crippen LogP contribution in [-0.4, -0.2) is 52.8 Å². The first-order chi connectivity index (χ1) is 6.03. The molecular weight excluding hydrogens is 210 g/mol. The molecule has 4 nitrogen and oxygen atoms in total. The molecule has 6 heteroatoms. The van der Waals surface area contributed by atoms with E-state index < -0.39 is 16.1 Å². The predicted molar refractivity (Wildman–Crippen MR) is 50.0 cm³/mol. The summed E-state index contributed by atoms with van der Waals surface area (Å²) in [5.41, 5.74) is 0. The molecule has 1 N–H and O–H groups in total. The molecule has 3 heterocycles. The number of hydrogen-bond acceptors (Lipinski definition) is 4. The monoisotopic (exact) mass is 221 g/mol. The van der Waals surface area contributed by atoms with Gasteiger partial charge in [0.05, 0.1) is 17.4 Å². The first-order valence-electron chi connectivity index (χ1n) is 4.34. The van der Waals surface area contributed by atoms with Gasteiger partial charge in [0.1, 0.15) is 0 Å². The first kappa shape index (κ1) is 8.52. The van der Waals surface area contributed by atoms with Crippen LogP contribution in [0.4, 0.5) is 0 Å². The van der Waals surface area contributed by atoms with Crippen LogP contribution in [0.3, 0.4) is 0 Å². The van der Waals surface area contributed by atoms with E-state index in [0.717, 1.165) is 0 Å². The van der Waals surface area contributed by atoms with Gasteiger partial charge in [-0.1, -0.05) is 0 Å². The molecule has 0 amide bonds. The molecule has 0 saturated carbocycles. The summed E-state index contributed by atoms with van der Waals surface area (Å²) in [6.45, 7) is 0.